The Balaban J connectivity index is 1.37. The van der Waals surface area contributed by atoms with Crippen LogP contribution in [0, 0.1) is 12.7 Å². The molecule has 5 rings (SSSR count). The fourth-order valence-corrected chi connectivity index (χ4v) is 4.97. The number of carbonyl (C=O) groups is 1. The van der Waals surface area contributed by atoms with Crippen LogP contribution in [0.3, 0.4) is 0 Å². The van der Waals surface area contributed by atoms with Crippen molar-refractivity contribution in [1.29, 1.82) is 0 Å². The number of sulfone groups is 1. The van der Waals surface area contributed by atoms with Crippen LogP contribution in [0.25, 0.3) is 28.2 Å². The molecule has 0 unspecified atom stereocenters. The Morgan fingerprint density at radius 3 is 2.63 bits per heavy atom. The van der Waals surface area contributed by atoms with Gasteiger partial charge in [-0.1, -0.05) is 6.07 Å². The number of rotatable bonds is 7. The number of anilines is 1. The summed E-state index contributed by atoms with van der Waals surface area (Å²) < 4.78 is 40.3. The van der Waals surface area contributed by atoms with Crippen molar-refractivity contribution >= 4 is 27.3 Å². The zero-order valence-corrected chi connectivity index (χ0v) is 21.0. The van der Waals surface area contributed by atoms with E-state index in [4.69, 9.17) is 4.98 Å². The van der Waals surface area contributed by atoms with Crippen LogP contribution >= 0.6 is 0 Å². The molecule has 4 heterocycles. The lowest BCUT2D eigenvalue weighted by atomic mass is 10.0. The van der Waals surface area contributed by atoms with E-state index in [1.54, 1.807) is 60.1 Å². The first-order chi connectivity index (χ1) is 18.3. The number of hydrogen-bond donors (Lipinski definition) is 2. The van der Waals surface area contributed by atoms with Crippen LogP contribution < -0.4 is 10.6 Å². The van der Waals surface area contributed by atoms with Gasteiger partial charge in [0.05, 0.1) is 11.4 Å². The Hall–Kier alpha value is -4.71. The zero-order chi connectivity index (χ0) is 26.7. The smallest absolute Gasteiger partial charge is 0.320 e. The van der Waals surface area contributed by atoms with Gasteiger partial charge < -0.3 is 5.32 Å². The van der Waals surface area contributed by atoms with E-state index in [-0.39, 0.29) is 29.0 Å². The Morgan fingerprint density at radius 2 is 1.84 bits per heavy atom. The summed E-state index contributed by atoms with van der Waals surface area (Å²) in [4.78, 5) is 25.2. The summed E-state index contributed by atoms with van der Waals surface area (Å²) in [6.07, 6.45) is 4.55. The number of amides is 2. The van der Waals surface area contributed by atoms with E-state index in [9.17, 15) is 17.6 Å². The highest BCUT2D eigenvalue weighted by Crippen LogP contribution is 2.33. The van der Waals surface area contributed by atoms with Gasteiger partial charge in [0.1, 0.15) is 17.3 Å². The molecule has 0 saturated carbocycles. The lowest BCUT2D eigenvalue weighted by Crippen LogP contribution is -2.33. The maximum absolute atomic E-state index is 13.9. The SMILES string of the molecule is Cc1cc(-c2nc3cccnn3c2-c2ccnc(NC(=O)NCCS(=O)(=O)c3ccccn3)c2)ccc1F. The molecule has 38 heavy (non-hydrogen) atoms. The van der Waals surface area contributed by atoms with Crippen molar-refractivity contribution in [3.05, 3.63) is 90.6 Å². The van der Waals surface area contributed by atoms with Crippen molar-refractivity contribution in [2.45, 2.75) is 11.9 Å². The Morgan fingerprint density at radius 1 is 0.974 bits per heavy atom. The van der Waals surface area contributed by atoms with Crippen molar-refractivity contribution < 1.29 is 17.6 Å². The summed E-state index contributed by atoms with van der Waals surface area (Å²) >= 11 is 0. The topological polar surface area (TPSA) is 131 Å². The summed E-state index contributed by atoms with van der Waals surface area (Å²) in [5.41, 5.74) is 3.68. The third-order valence-electron chi connectivity index (χ3n) is 5.71. The number of aromatic nitrogens is 5. The van der Waals surface area contributed by atoms with Crippen LogP contribution in [0.4, 0.5) is 15.0 Å². The maximum Gasteiger partial charge on any atom is 0.320 e. The van der Waals surface area contributed by atoms with Gasteiger partial charge in [-0.05, 0) is 67.1 Å². The predicted octanol–water partition coefficient (Wildman–Crippen LogP) is 3.90. The monoisotopic (exact) mass is 531 g/mol. The molecule has 4 aromatic heterocycles. The number of carbonyl (C=O) groups excluding carboxylic acids is 1. The number of urea groups is 1. The molecule has 0 aliphatic rings. The molecule has 2 N–H and O–H groups in total. The Bertz CT molecular complexity index is 1740. The van der Waals surface area contributed by atoms with Crippen LogP contribution in [-0.4, -0.2) is 51.3 Å². The number of pyridine rings is 2. The molecule has 0 atom stereocenters. The standard InChI is InChI=1S/C26H22FN7O3S/c1-17-15-18(7-8-20(17)27)24-25(34-22(33-24)5-4-11-31-34)19-9-12-28-21(16-19)32-26(35)30-13-14-38(36,37)23-6-2-3-10-29-23/h2-12,15-16H,13-14H2,1H3,(H2,28,30,32,35). The maximum atomic E-state index is 13.9. The molecule has 0 radical (unpaired) electrons. The van der Waals surface area contributed by atoms with E-state index < -0.39 is 15.9 Å². The second kappa shape index (κ2) is 10.3. The third kappa shape index (κ3) is 5.20. The fraction of sp³-hybridized carbons (Fsp3) is 0.115. The van der Waals surface area contributed by atoms with Gasteiger partial charge in [0, 0.05) is 36.3 Å². The average molecular weight is 532 g/mol. The zero-order valence-electron chi connectivity index (χ0n) is 20.2. The third-order valence-corrected chi connectivity index (χ3v) is 7.33. The molecule has 0 spiro atoms. The van der Waals surface area contributed by atoms with Crippen LogP contribution in [0.5, 0.6) is 0 Å². The van der Waals surface area contributed by atoms with Crippen molar-refractivity contribution in [1.82, 2.24) is 29.9 Å². The van der Waals surface area contributed by atoms with Crippen LogP contribution in [0.2, 0.25) is 0 Å². The van der Waals surface area contributed by atoms with Gasteiger partial charge in [0.2, 0.25) is 0 Å². The molecule has 10 nitrogen and oxygen atoms in total. The Kier molecular flexibility index (Phi) is 6.79. The number of aryl methyl sites for hydroxylation is 1. The first kappa shape index (κ1) is 25.0. The summed E-state index contributed by atoms with van der Waals surface area (Å²) in [5, 5.41) is 9.52. The van der Waals surface area contributed by atoms with Crippen LogP contribution in [0.1, 0.15) is 5.56 Å². The number of nitrogens with zero attached hydrogens (tertiary/aromatic N) is 5. The first-order valence-electron chi connectivity index (χ1n) is 11.6. The van der Waals surface area contributed by atoms with E-state index >= 15 is 0 Å². The van der Waals surface area contributed by atoms with Crippen LogP contribution in [-0.2, 0) is 9.84 Å². The number of nitrogens with one attached hydrogen (secondary N) is 2. The molecule has 0 aliphatic heterocycles. The fourth-order valence-electron chi connectivity index (χ4n) is 3.88. The van der Waals surface area contributed by atoms with Crippen LogP contribution in [0.15, 0.2) is 84.3 Å². The molecule has 0 saturated heterocycles. The number of hydrogen-bond acceptors (Lipinski definition) is 7. The minimum absolute atomic E-state index is 0.0506. The minimum atomic E-state index is -3.63. The van der Waals surface area contributed by atoms with Gasteiger partial charge in [-0.2, -0.15) is 5.10 Å². The molecule has 1 aromatic carbocycles. The summed E-state index contributed by atoms with van der Waals surface area (Å²) in [6, 6.07) is 15.7. The van der Waals surface area contributed by atoms with Gasteiger partial charge in [-0.25, -0.2) is 37.1 Å². The second-order valence-electron chi connectivity index (χ2n) is 8.36. The highest BCUT2D eigenvalue weighted by molar-refractivity contribution is 7.91. The van der Waals surface area contributed by atoms with Crippen molar-refractivity contribution in [2.24, 2.45) is 0 Å². The average Bonchev–Trinajstić information content (AvgIpc) is 3.30. The number of halogens is 1. The van der Waals surface area contributed by atoms with Crippen molar-refractivity contribution in [3.63, 3.8) is 0 Å². The van der Waals surface area contributed by atoms with Crippen molar-refractivity contribution in [2.75, 3.05) is 17.6 Å². The first-order valence-corrected chi connectivity index (χ1v) is 13.2. The molecule has 0 fully saturated rings. The second-order valence-corrected chi connectivity index (χ2v) is 10.4. The summed E-state index contributed by atoms with van der Waals surface area (Å²) in [7, 11) is -3.63. The molecule has 12 heteroatoms. The normalized spacial score (nSPS) is 11.4. The van der Waals surface area contributed by atoms with Crippen molar-refractivity contribution in [3.8, 4) is 22.5 Å². The largest absolute Gasteiger partial charge is 0.337 e. The lowest BCUT2D eigenvalue weighted by Gasteiger charge is -2.10. The quantitative estimate of drug-likeness (QED) is 0.326. The Labute approximate surface area is 217 Å². The highest BCUT2D eigenvalue weighted by Gasteiger charge is 2.19. The van der Waals surface area contributed by atoms with Gasteiger partial charge in [-0.3, -0.25) is 5.32 Å². The molecule has 0 aliphatic carbocycles. The molecular weight excluding hydrogens is 509 g/mol. The van der Waals surface area contributed by atoms with Gasteiger partial charge in [-0.15, -0.1) is 0 Å². The van der Waals surface area contributed by atoms with E-state index in [1.807, 2.05) is 6.07 Å². The van der Waals surface area contributed by atoms with E-state index in [2.05, 4.69) is 25.7 Å². The van der Waals surface area contributed by atoms with Gasteiger partial charge in [0.15, 0.2) is 20.5 Å². The predicted molar refractivity (Wildman–Crippen MR) is 140 cm³/mol. The van der Waals surface area contributed by atoms with E-state index in [0.29, 0.717) is 33.7 Å². The molecular formula is C26H22FN7O3S. The highest BCUT2D eigenvalue weighted by atomic mass is 32.2. The molecule has 5 aromatic rings. The molecule has 0 bridgehead atoms. The summed E-state index contributed by atoms with van der Waals surface area (Å²) in [6.45, 7) is 1.57. The number of imidazole rings is 1. The van der Waals surface area contributed by atoms with Gasteiger partial charge >= 0.3 is 6.03 Å². The molecule has 2 amide bonds. The van der Waals surface area contributed by atoms with Gasteiger partial charge in [0.25, 0.3) is 0 Å². The van der Waals surface area contributed by atoms with E-state index in [1.165, 1.54) is 24.5 Å². The summed E-state index contributed by atoms with van der Waals surface area (Å²) in [5.74, 6) is -0.384. The lowest BCUT2D eigenvalue weighted by molar-refractivity contribution is 0.252. The van der Waals surface area contributed by atoms with E-state index in [0.717, 1.165) is 0 Å². The number of benzene rings is 1. The minimum Gasteiger partial charge on any atom is -0.337 e. The number of fused-ring (bicyclic) bond motifs is 1. The molecule has 192 valence electrons.